The van der Waals surface area contributed by atoms with Gasteiger partial charge in [0.15, 0.2) is 0 Å². The van der Waals surface area contributed by atoms with E-state index in [9.17, 15) is 9.90 Å². The second kappa shape index (κ2) is 13.5. The van der Waals surface area contributed by atoms with Crippen LogP contribution in [0.3, 0.4) is 0 Å². The summed E-state index contributed by atoms with van der Waals surface area (Å²) in [6.07, 6.45) is 3.31. The van der Waals surface area contributed by atoms with E-state index >= 15 is 0 Å². The van der Waals surface area contributed by atoms with Crippen LogP contribution in [0.4, 0.5) is 5.82 Å². The van der Waals surface area contributed by atoms with Crippen LogP contribution in [-0.2, 0) is 33.8 Å². The Kier molecular flexibility index (Phi) is 9.35. The van der Waals surface area contributed by atoms with Gasteiger partial charge in [0.1, 0.15) is 23.9 Å². The molecule has 2 saturated heterocycles. The fourth-order valence-electron chi connectivity index (χ4n) is 6.94. The number of ether oxygens (including phenoxy) is 4. The second-order valence-corrected chi connectivity index (χ2v) is 12.1. The highest BCUT2D eigenvalue weighted by Crippen LogP contribution is 2.36. The largest absolute Gasteiger partial charge is 0.496 e. The summed E-state index contributed by atoms with van der Waals surface area (Å²) in [6, 6.07) is 17.1. The number of rotatable bonds is 9. The zero-order valence-corrected chi connectivity index (χ0v) is 26.0. The molecule has 9 nitrogen and oxygen atoms in total. The standard InChI is InChI=1S/C35H43N3O6/c1-23-6-4-7-27(30-8-5-9-33(36-30)38-15-11-28(35(39)40)32(21-38)42-3)34(23)44-22-24-18-25-10-14-37(26-12-16-43-17-13-26)20-29(25)31(19-24)41-2/h4-9,18-19,26,28,32H,10-17,20-22H2,1-3H3,(H,39,40)/t28-,32+/m1/s1. The molecular weight excluding hydrogens is 558 g/mol. The van der Waals surface area contributed by atoms with Crippen LogP contribution in [-0.4, -0.2) is 80.2 Å². The zero-order valence-electron chi connectivity index (χ0n) is 26.0. The van der Waals surface area contributed by atoms with Crippen molar-refractivity contribution in [2.45, 2.75) is 57.9 Å². The highest BCUT2D eigenvalue weighted by atomic mass is 16.5. The molecule has 0 radical (unpaired) electrons. The highest BCUT2D eigenvalue weighted by Gasteiger charge is 2.35. The van der Waals surface area contributed by atoms with E-state index in [2.05, 4.69) is 34.9 Å². The van der Waals surface area contributed by atoms with Gasteiger partial charge in [0.2, 0.25) is 0 Å². The maximum Gasteiger partial charge on any atom is 0.309 e. The van der Waals surface area contributed by atoms with E-state index < -0.39 is 11.9 Å². The van der Waals surface area contributed by atoms with Crippen molar-refractivity contribution in [3.05, 3.63) is 70.8 Å². The van der Waals surface area contributed by atoms with E-state index in [-0.39, 0.29) is 6.10 Å². The lowest BCUT2D eigenvalue weighted by Crippen LogP contribution is -2.47. The second-order valence-electron chi connectivity index (χ2n) is 12.1. The molecule has 2 atom stereocenters. The van der Waals surface area contributed by atoms with Crippen molar-refractivity contribution in [1.29, 1.82) is 0 Å². The number of carbonyl (C=O) groups is 1. The number of nitrogens with zero attached hydrogens (tertiary/aromatic N) is 3. The third kappa shape index (κ3) is 6.41. The van der Waals surface area contributed by atoms with Gasteiger partial charge in [-0.2, -0.15) is 0 Å². The summed E-state index contributed by atoms with van der Waals surface area (Å²) < 4.78 is 23.6. The summed E-state index contributed by atoms with van der Waals surface area (Å²) in [5.41, 5.74) is 6.48. The van der Waals surface area contributed by atoms with Gasteiger partial charge in [-0.25, -0.2) is 4.98 Å². The lowest BCUT2D eigenvalue weighted by Gasteiger charge is -2.38. The van der Waals surface area contributed by atoms with Crippen molar-refractivity contribution in [2.24, 2.45) is 5.92 Å². The zero-order chi connectivity index (χ0) is 30.6. The number of pyridine rings is 1. The van der Waals surface area contributed by atoms with Crippen LogP contribution in [0.1, 0.15) is 41.5 Å². The average molecular weight is 602 g/mol. The summed E-state index contributed by atoms with van der Waals surface area (Å²) in [5.74, 6) is 1.21. The number of carboxylic acids is 1. The third-order valence-electron chi connectivity index (χ3n) is 9.43. The highest BCUT2D eigenvalue weighted by molar-refractivity contribution is 5.72. The SMILES string of the molecule is COc1cc(COc2c(C)cccc2-c2cccc(N3CC[C@@H](C(=O)O)[C@@H](OC)C3)n2)cc2c1CN(C1CCOCC1)CC2. The fraction of sp³-hybridized carbons (Fsp3) is 0.486. The maximum absolute atomic E-state index is 11.7. The number of piperidine rings is 1. The van der Waals surface area contributed by atoms with Gasteiger partial charge in [0.05, 0.1) is 24.8 Å². The predicted octanol–water partition coefficient (Wildman–Crippen LogP) is 5.11. The lowest BCUT2D eigenvalue weighted by atomic mass is 9.94. The number of carboxylic acid groups (broad SMARTS) is 1. The molecule has 0 amide bonds. The van der Waals surface area contributed by atoms with E-state index in [1.54, 1.807) is 14.2 Å². The molecule has 9 heteroatoms. The minimum absolute atomic E-state index is 0.386. The molecule has 6 rings (SSSR count). The number of aromatic nitrogens is 1. The Labute approximate surface area is 259 Å². The predicted molar refractivity (Wildman–Crippen MR) is 168 cm³/mol. The molecule has 0 aliphatic carbocycles. The fourth-order valence-corrected chi connectivity index (χ4v) is 6.94. The minimum Gasteiger partial charge on any atom is -0.496 e. The number of hydrogen-bond acceptors (Lipinski definition) is 8. The van der Waals surface area contributed by atoms with Gasteiger partial charge in [0, 0.05) is 63.7 Å². The Morgan fingerprint density at radius 3 is 2.66 bits per heavy atom. The molecule has 234 valence electrons. The normalized spacial score (nSPS) is 21.1. The molecule has 3 aromatic rings. The molecule has 0 saturated carbocycles. The molecule has 1 aromatic heterocycles. The van der Waals surface area contributed by atoms with E-state index in [4.69, 9.17) is 23.9 Å². The molecule has 44 heavy (non-hydrogen) atoms. The summed E-state index contributed by atoms with van der Waals surface area (Å²) in [6.45, 7) is 7.22. The summed E-state index contributed by atoms with van der Waals surface area (Å²) in [4.78, 5) is 21.4. The number of para-hydroxylation sites is 1. The third-order valence-corrected chi connectivity index (χ3v) is 9.43. The number of hydrogen-bond donors (Lipinski definition) is 1. The lowest BCUT2D eigenvalue weighted by molar-refractivity contribution is -0.147. The first-order chi connectivity index (χ1) is 21.4. The van der Waals surface area contributed by atoms with Crippen LogP contribution in [0.2, 0.25) is 0 Å². The van der Waals surface area contributed by atoms with Crippen molar-refractivity contribution >= 4 is 11.8 Å². The van der Waals surface area contributed by atoms with Crippen molar-refractivity contribution in [3.63, 3.8) is 0 Å². The van der Waals surface area contributed by atoms with Crippen molar-refractivity contribution in [3.8, 4) is 22.8 Å². The topological polar surface area (TPSA) is 93.6 Å². The van der Waals surface area contributed by atoms with Crippen LogP contribution in [0.15, 0.2) is 48.5 Å². The van der Waals surface area contributed by atoms with Gasteiger partial charge < -0.3 is 29.0 Å². The Morgan fingerprint density at radius 2 is 1.89 bits per heavy atom. The van der Waals surface area contributed by atoms with E-state index in [1.807, 2.05) is 30.3 Å². The van der Waals surface area contributed by atoms with Crippen LogP contribution >= 0.6 is 0 Å². The molecule has 4 heterocycles. The molecule has 3 aliphatic heterocycles. The number of anilines is 1. The first-order valence-electron chi connectivity index (χ1n) is 15.7. The Morgan fingerprint density at radius 1 is 1.07 bits per heavy atom. The maximum atomic E-state index is 11.7. The Hall–Kier alpha value is -3.66. The number of aryl methyl sites for hydroxylation is 1. The summed E-state index contributed by atoms with van der Waals surface area (Å²) in [5, 5.41) is 9.59. The Bertz CT molecular complexity index is 1460. The number of aliphatic carboxylic acids is 1. The van der Waals surface area contributed by atoms with Crippen molar-refractivity contribution in [1.82, 2.24) is 9.88 Å². The quantitative estimate of drug-likeness (QED) is 0.359. The molecule has 2 aromatic carbocycles. The summed E-state index contributed by atoms with van der Waals surface area (Å²) >= 11 is 0. The molecule has 0 unspecified atom stereocenters. The molecule has 2 fully saturated rings. The first-order valence-corrected chi connectivity index (χ1v) is 15.7. The smallest absolute Gasteiger partial charge is 0.309 e. The van der Waals surface area contributed by atoms with Gasteiger partial charge in [-0.05, 0) is 73.6 Å². The van der Waals surface area contributed by atoms with Crippen molar-refractivity contribution < 1.29 is 28.8 Å². The van der Waals surface area contributed by atoms with Gasteiger partial charge in [0.25, 0.3) is 0 Å². The van der Waals surface area contributed by atoms with Gasteiger partial charge in [-0.3, -0.25) is 9.69 Å². The van der Waals surface area contributed by atoms with Crippen LogP contribution < -0.4 is 14.4 Å². The molecule has 1 N–H and O–H groups in total. The van der Waals surface area contributed by atoms with Gasteiger partial charge in [-0.1, -0.05) is 24.3 Å². The minimum atomic E-state index is -0.812. The monoisotopic (exact) mass is 601 g/mol. The van der Waals surface area contributed by atoms with E-state index in [0.717, 1.165) is 85.3 Å². The average Bonchev–Trinajstić information content (AvgIpc) is 3.07. The molecule has 0 bridgehead atoms. The van der Waals surface area contributed by atoms with E-state index in [0.29, 0.717) is 32.2 Å². The van der Waals surface area contributed by atoms with Crippen LogP contribution in [0, 0.1) is 12.8 Å². The molecule has 3 aliphatic rings. The molecule has 0 spiro atoms. The number of benzene rings is 2. The number of fused-ring (bicyclic) bond motifs is 1. The van der Waals surface area contributed by atoms with E-state index in [1.165, 1.54) is 11.1 Å². The van der Waals surface area contributed by atoms with Crippen LogP contribution in [0.25, 0.3) is 11.3 Å². The van der Waals surface area contributed by atoms with Gasteiger partial charge >= 0.3 is 5.97 Å². The number of methoxy groups -OCH3 is 2. The van der Waals surface area contributed by atoms with Gasteiger partial charge in [-0.15, -0.1) is 0 Å². The molecular formula is C35H43N3O6. The Balaban J connectivity index is 1.20. The first kappa shape index (κ1) is 30.4. The summed E-state index contributed by atoms with van der Waals surface area (Å²) in [7, 11) is 3.33. The van der Waals surface area contributed by atoms with Crippen molar-refractivity contribution in [2.75, 3.05) is 52.0 Å². The van der Waals surface area contributed by atoms with Crippen LogP contribution in [0.5, 0.6) is 11.5 Å².